The van der Waals surface area contributed by atoms with Crippen LogP contribution in [0.25, 0.3) is 0 Å². The summed E-state index contributed by atoms with van der Waals surface area (Å²) >= 11 is 0. The lowest BCUT2D eigenvalue weighted by molar-refractivity contribution is 0.414. The van der Waals surface area contributed by atoms with Crippen LogP contribution in [0.15, 0.2) is 82.4 Å². The number of nitrogens with two attached hydrogens (primary N) is 1. The summed E-state index contributed by atoms with van der Waals surface area (Å²) in [6, 6.07) is 22.3. The molecule has 0 aliphatic rings. The molecule has 0 fully saturated rings. The predicted octanol–water partition coefficient (Wildman–Crippen LogP) is 3.76. The quantitative estimate of drug-likeness (QED) is 0.307. The molecule has 0 aromatic heterocycles. The molecule has 0 spiro atoms. The maximum Gasteiger partial charge on any atom is 0.253 e. The van der Waals surface area contributed by atoms with Crippen molar-refractivity contribution in [3.8, 4) is 11.5 Å². The van der Waals surface area contributed by atoms with Crippen LogP contribution < -0.4 is 32.0 Å². The highest BCUT2D eigenvalue weighted by Gasteiger charge is 2.20. The van der Waals surface area contributed by atoms with E-state index >= 15 is 0 Å². The van der Waals surface area contributed by atoms with Crippen LogP contribution in [0.3, 0.4) is 0 Å². The fraction of sp³-hybridized carbons (Fsp3) is 0.154. The summed E-state index contributed by atoms with van der Waals surface area (Å²) in [5.74, 6) is 0.976. The molecule has 168 valence electrons. The first kappa shape index (κ1) is 22.1. The number of hydrogen-bond donors (Lipinski definition) is 4. The van der Waals surface area contributed by atoms with Gasteiger partial charge in [-0.1, -0.05) is 36.4 Å². The third kappa shape index (κ3) is 4.58. The van der Waals surface area contributed by atoms with Crippen LogP contribution in [-0.4, -0.2) is 12.2 Å². The summed E-state index contributed by atoms with van der Waals surface area (Å²) in [7, 11) is 1.62. The first-order valence-electron chi connectivity index (χ1n) is 10.5. The van der Waals surface area contributed by atoms with E-state index in [2.05, 4.69) is 17.6 Å². The lowest BCUT2D eigenvalue weighted by atomic mass is 9.96. The van der Waals surface area contributed by atoms with Gasteiger partial charge in [-0.15, -0.1) is 0 Å². The number of benzene rings is 3. The SMILES string of the molecule is COc1ccc(C(NC(C)c2ccc(O)cc2)c2cccc(Nc3c(N)c(=O)c3=O)c2)cc1. The zero-order chi connectivity index (χ0) is 23.5. The van der Waals surface area contributed by atoms with Crippen molar-refractivity contribution in [1.29, 1.82) is 0 Å². The monoisotopic (exact) mass is 443 g/mol. The van der Waals surface area contributed by atoms with Gasteiger partial charge >= 0.3 is 0 Å². The number of ether oxygens (including phenoxy) is 1. The van der Waals surface area contributed by atoms with Gasteiger partial charge in [0.15, 0.2) is 0 Å². The Bertz CT molecular complexity index is 1320. The van der Waals surface area contributed by atoms with Crippen LogP contribution in [0.2, 0.25) is 0 Å². The van der Waals surface area contributed by atoms with Gasteiger partial charge in [0.1, 0.15) is 22.9 Å². The maximum atomic E-state index is 11.8. The largest absolute Gasteiger partial charge is 0.508 e. The second-order valence-electron chi connectivity index (χ2n) is 7.88. The Balaban J connectivity index is 1.67. The smallest absolute Gasteiger partial charge is 0.253 e. The predicted molar refractivity (Wildman–Crippen MR) is 130 cm³/mol. The van der Waals surface area contributed by atoms with Crippen molar-refractivity contribution >= 4 is 17.1 Å². The van der Waals surface area contributed by atoms with Gasteiger partial charge in [0.2, 0.25) is 0 Å². The van der Waals surface area contributed by atoms with Crippen molar-refractivity contribution in [2.24, 2.45) is 0 Å². The first-order valence-corrected chi connectivity index (χ1v) is 10.5. The second kappa shape index (κ2) is 9.18. The van der Waals surface area contributed by atoms with E-state index in [0.29, 0.717) is 5.69 Å². The Morgan fingerprint density at radius 2 is 1.55 bits per heavy atom. The Kier molecular flexibility index (Phi) is 6.15. The van der Waals surface area contributed by atoms with E-state index in [9.17, 15) is 14.7 Å². The first-order chi connectivity index (χ1) is 15.9. The minimum atomic E-state index is -0.658. The van der Waals surface area contributed by atoms with Gasteiger partial charge in [0.05, 0.1) is 13.2 Å². The molecule has 4 aromatic carbocycles. The molecule has 0 radical (unpaired) electrons. The van der Waals surface area contributed by atoms with Gasteiger partial charge < -0.3 is 20.9 Å². The summed E-state index contributed by atoms with van der Waals surface area (Å²) in [5.41, 5.74) is 8.14. The number of phenols is 1. The number of anilines is 3. The molecular formula is C26H25N3O4. The van der Waals surface area contributed by atoms with E-state index in [-0.39, 0.29) is 29.2 Å². The molecule has 0 heterocycles. The van der Waals surface area contributed by atoms with Gasteiger partial charge in [-0.05, 0) is 60.0 Å². The number of aromatic hydroxyl groups is 1. The molecule has 0 saturated carbocycles. The Hall–Kier alpha value is -4.10. The molecule has 0 bridgehead atoms. The van der Waals surface area contributed by atoms with Crippen LogP contribution in [0.1, 0.15) is 35.7 Å². The molecule has 0 aliphatic carbocycles. The zero-order valence-corrected chi connectivity index (χ0v) is 18.3. The van der Waals surface area contributed by atoms with Crippen molar-refractivity contribution < 1.29 is 9.84 Å². The molecule has 7 heteroatoms. The van der Waals surface area contributed by atoms with Crippen molar-refractivity contribution in [2.45, 2.75) is 19.0 Å². The van der Waals surface area contributed by atoms with E-state index < -0.39 is 10.9 Å². The summed E-state index contributed by atoms with van der Waals surface area (Å²) < 4.78 is 5.30. The molecule has 2 atom stereocenters. The zero-order valence-electron chi connectivity index (χ0n) is 18.3. The highest BCUT2D eigenvalue weighted by atomic mass is 16.5. The standard InChI is InChI=1S/C26H25N3O4/c1-15(16-6-10-20(30)11-7-16)28-23(17-8-12-21(33-2)13-9-17)18-4-3-5-19(14-18)29-24-22(27)25(31)26(24)32/h3-15,23,28-30H,27H2,1-2H3. The lowest BCUT2D eigenvalue weighted by Crippen LogP contribution is -2.36. The summed E-state index contributed by atoms with van der Waals surface area (Å²) in [4.78, 5) is 23.3. The normalized spacial score (nSPS) is 12.9. The topological polar surface area (TPSA) is 114 Å². The fourth-order valence-corrected chi connectivity index (χ4v) is 3.76. The third-order valence-corrected chi connectivity index (χ3v) is 5.70. The highest BCUT2D eigenvalue weighted by molar-refractivity contribution is 5.76. The number of nitrogens with one attached hydrogen (secondary N) is 2. The molecule has 4 aromatic rings. The van der Waals surface area contributed by atoms with Crippen molar-refractivity contribution in [3.63, 3.8) is 0 Å². The Morgan fingerprint density at radius 1 is 0.879 bits per heavy atom. The number of nitrogen functional groups attached to an aromatic ring is 1. The van der Waals surface area contributed by atoms with Crippen LogP contribution in [0.4, 0.5) is 17.1 Å². The van der Waals surface area contributed by atoms with E-state index in [1.54, 1.807) is 19.2 Å². The number of hydrogen-bond acceptors (Lipinski definition) is 7. The molecular weight excluding hydrogens is 418 g/mol. The van der Waals surface area contributed by atoms with Gasteiger partial charge in [-0.2, -0.15) is 0 Å². The van der Waals surface area contributed by atoms with Crippen molar-refractivity contribution in [3.05, 3.63) is 110 Å². The average Bonchev–Trinajstić information content (AvgIpc) is 2.85. The molecule has 33 heavy (non-hydrogen) atoms. The van der Waals surface area contributed by atoms with Crippen LogP contribution in [0, 0.1) is 0 Å². The summed E-state index contributed by atoms with van der Waals surface area (Å²) in [5, 5.41) is 16.2. The number of methoxy groups -OCH3 is 1. The Labute approximate surface area is 191 Å². The van der Waals surface area contributed by atoms with Crippen LogP contribution in [0.5, 0.6) is 11.5 Å². The van der Waals surface area contributed by atoms with Gasteiger partial charge in [-0.25, -0.2) is 0 Å². The van der Waals surface area contributed by atoms with Crippen molar-refractivity contribution in [1.82, 2.24) is 5.32 Å². The molecule has 5 N–H and O–H groups in total. The maximum absolute atomic E-state index is 11.8. The molecule has 0 aliphatic heterocycles. The van der Waals surface area contributed by atoms with Gasteiger partial charge in [0.25, 0.3) is 10.9 Å². The molecule has 0 saturated heterocycles. The van der Waals surface area contributed by atoms with Crippen LogP contribution >= 0.6 is 0 Å². The van der Waals surface area contributed by atoms with Gasteiger partial charge in [0, 0.05) is 11.7 Å². The third-order valence-electron chi connectivity index (χ3n) is 5.70. The molecule has 7 nitrogen and oxygen atoms in total. The van der Waals surface area contributed by atoms with Gasteiger partial charge in [-0.3, -0.25) is 14.9 Å². The summed E-state index contributed by atoms with van der Waals surface area (Å²) in [6.45, 7) is 2.05. The van der Waals surface area contributed by atoms with Crippen molar-refractivity contribution in [2.75, 3.05) is 18.2 Å². The van der Waals surface area contributed by atoms with E-state index in [1.807, 2.05) is 60.7 Å². The van der Waals surface area contributed by atoms with Crippen LogP contribution in [-0.2, 0) is 0 Å². The highest BCUT2D eigenvalue weighted by Crippen LogP contribution is 2.30. The second-order valence-corrected chi connectivity index (χ2v) is 7.88. The fourth-order valence-electron chi connectivity index (χ4n) is 3.76. The number of rotatable bonds is 8. The lowest BCUT2D eigenvalue weighted by Gasteiger charge is -2.25. The summed E-state index contributed by atoms with van der Waals surface area (Å²) in [6.07, 6.45) is 0. The van der Waals surface area contributed by atoms with E-state index in [0.717, 1.165) is 22.4 Å². The number of phenolic OH excluding ortho intramolecular Hbond substituents is 1. The Morgan fingerprint density at radius 3 is 2.18 bits per heavy atom. The minimum absolute atomic E-state index is 0.0292. The van der Waals surface area contributed by atoms with E-state index in [4.69, 9.17) is 10.5 Å². The molecule has 2 unspecified atom stereocenters. The minimum Gasteiger partial charge on any atom is -0.508 e. The van der Waals surface area contributed by atoms with E-state index in [1.165, 1.54) is 0 Å². The average molecular weight is 444 g/mol. The molecule has 4 rings (SSSR count). The molecule has 0 amide bonds.